The van der Waals surface area contributed by atoms with Crippen molar-refractivity contribution in [1.82, 2.24) is 20.4 Å². The first-order valence-corrected chi connectivity index (χ1v) is 7.61. The molecule has 2 aliphatic heterocycles. The minimum absolute atomic E-state index is 0. The van der Waals surface area contributed by atoms with E-state index in [1.54, 1.807) is 0 Å². The standard InChI is InChI=1S/C14H26N4O2.2ClH/c1-17-7-9-18(10-8-17)14(20)4-6-16-13(19)11-12-3-2-5-15-12;;/h12,15H,2-11H2,1H3,(H,16,19);2*1H. The Bertz CT molecular complexity index is 344. The molecule has 6 nitrogen and oxygen atoms in total. The summed E-state index contributed by atoms with van der Waals surface area (Å²) in [6.45, 7) is 4.94. The van der Waals surface area contributed by atoms with Gasteiger partial charge in [-0.05, 0) is 26.4 Å². The first kappa shape index (κ1) is 21.4. The van der Waals surface area contributed by atoms with Crippen molar-refractivity contribution in [1.29, 1.82) is 0 Å². The lowest BCUT2D eigenvalue weighted by molar-refractivity contribution is -0.132. The summed E-state index contributed by atoms with van der Waals surface area (Å²) < 4.78 is 0. The molecule has 8 heteroatoms. The molecule has 2 aliphatic rings. The highest BCUT2D eigenvalue weighted by molar-refractivity contribution is 5.85. The van der Waals surface area contributed by atoms with E-state index in [4.69, 9.17) is 0 Å². The van der Waals surface area contributed by atoms with Gasteiger partial charge in [0.25, 0.3) is 0 Å². The summed E-state index contributed by atoms with van der Waals surface area (Å²) in [6.07, 6.45) is 3.17. The molecule has 0 aromatic rings. The summed E-state index contributed by atoms with van der Waals surface area (Å²) in [6, 6.07) is 0.323. The Balaban J connectivity index is 0.00000220. The quantitative estimate of drug-likeness (QED) is 0.742. The van der Waals surface area contributed by atoms with Crippen LogP contribution in [0.1, 0.15) is 25.7 Å². The van der Waals surface area contributed by atoms with E-state index < -0.39 is 0 Å². The van der Waals surface area contributed by atoms with Crippen LogP contribution in [-0.4, -0.2) is 74.0 Å². The summed E-state index contributed by atoms with van der Waals surface area (Å²) in [5.74, 6) is 0.202. The van der Waals surface area contributed by atoms with Gasteiger partial charge in [-0.1, -0.05) is 0 Å². The van der Waals surface area contributed by atoms with E-state index in [-0.39, 0.29) is 36.6 Å². The number of nitrogens with one attached hydrogen (secondary N) is 2. The van der Waals surface area contributed by atoms with E-state index in [9.17, 15) is 9.59 Å². The SMILES string of the molecule is CN1CCN(C(=O)CCNC(=O)CC2CCCN2)CC1.Cl.Cl. The van der Waals surface area contributed by atoms with Crippen molar-refractivity contribution in [2.45, 2.75) is 31.7 Å². The van der Waals surface area contributed by atoms with E-state index in [1.165, 1.54) is 0 Å². The zero-order valence-corrected chi connectivity index (χ0v) is 14.8. The maximum Gasteiger partial charge on any atom is 0.224 e. The third-order valence-corrected chi connectivity index (χ3v) is 4.11. The Labute approximate surface area is 145 Å². The minimum Gasteiger partial charge on any atom is -0.356 e. The Morgan fingerprint density at radius 2 is 1.86 bits per heavy atom. The topological polar surface area (TPSA) is 64.7 Å². The van der Waals surface area contributed by atoms with Gasteiger partial charge in [0.2, 0.25) is 11.8 Å². The second kappa shape index (κ2) is 11.0. The van der Waals surface area contributed by atoms with E-state index in [0.717, 1.165) is 45.6 Å². The fourth-order valence-corrected chi connectivity index (χ4v) is 2.75. The van der Waals surface area contributed by atoms with Gasteiger partial charge < -0.3 is 20.4 Å². The molecule has 0 aromatic heterocycles. The van der Waals surface area contributed by atoms with Crippen LogP contribution in [0.2, 0.25) is 0 Å². The molecule has 2 N–H and O–H groups in total. The minimum atomic E-state index is 0. The van der Waals surface area contributed by atoms with Crippen LogP contribution < -0.4 is 10.6 Å². The summed E-state index contributed by atoms with van der Waals surface area (Å²) in [5.41, 5.74) is 0. The summed E-state index contributed by atoms with van der Waals surface area (Å²) in [5, 5.41) is 6.15. The van der Waals surface area contributed by atoms with Gasteiger partial charge in [-0.25, -0.2) is 0 Å². The number of nitrogens with zero attached hydrogens (tertiary/aromatic N) is 2. The molecule has 130 valence electrons. The van der Waals surface area contributed by atoms with Gasteiger partial charge in [0, 0.05) is 51.6 Å². The molecule has 2 saturated heterocycles. The van der Waals surface area contributed by atoms with E-state index >= 15 is 0 Å². The highest BCUT2D eigenvalue weighted by Crippen LogP contribution is 2.08. The second-order valence-electron chi connectivity index (χ2n) is 5.78. The molecule has 0 radical (unpaired) electrons. The fraction of sp³-hybridized carbons (Fsp3) is 0.857. The van der Waals surface area contributed by atoms with Crippen molar-refractivity contribution in [3.8, 4) is 0 Å². The number of carbonyl (C=O) groups is 2. The predicted molar refractivity (Wildman–Crippen MR) is 91.8 cm³/mol. The van der Waals surface area contributed by atoms with E-state index in [2.05, 4.69) is 22.6 Å². The molecule has 2 heterocycles. The maximum absolute atomic E-state index is 12.0. The largest absolute Gasteiger partial charge is 0.356 e. The van der Waals surface area contributed by atoms with Crippen LogP contribution in [0.15, 0.2) is 0 Å². The van der Waals surface area contributed by atoms with Gasteiger partial charge in [0.05, 0.1) is 0 Å². The predicted octanol–water partition coefficient (Wildman–Crippen LogP) is 0.252. The van der Waals surface area contributed by atoms with Gasteiger partial charge >= 0.3 is 0 Å². The number of piperazine rings is 1. The molecule has 0 saturated carbocycles. The third-order valence-electron chi connectivity index (χ3n) is 4.11. The maximum atomic E-state index is 12.0. The zero-order valence-electron chi connectivity index (χ0n) is 13.2. The first-order chi connectivity index (χ1) is 9.65. The number of likely N-dealkylation sites (N-methyl/N-ethyl adjacent to an activating group) is 1. The summed E-state index contributed by atoms with van der Waals surface area (Å²) in [7, 11) is 2.07. The molecule has 0 bridgehead atoms. The Morgan fingerprint density at radius 1 is 1.18 bits per heavy atom. The van der Waals surface area contributed by atoms with Gasteiger partial charge in [0.15, 0.2) is 0 Å². The van der Waals surface area contributed by atoms with Gasteiger partial charge in [-0.2, -0.15) is 0 Å². The van der Waals surface area contributed by atoms with Gasteiger partial charge in [-0.15, -0.1) is 24.8 Å². The van der Waals surface area contributed by atoms with Crippen molar-refractivity contribution in [3.63, 3.8) is 0 Å². The van der Waals surface area contributed by atoms with Crippen molar-refractivity contribution in [2.75, 3.05) is 46.3 Å². The molecule has 1 atom stereocenters. The number of hydrogen-bond acceptors (Lipinski definition) is 4. The van der Waals surface area contributed by atoms with E-state index in [0.29, 0.717) is 25.4 Å². The second-order valence-corrected chi connectivity index (χ2v) is 5.78. The Morgan fingerprint density at radius 3 is 2.45 bits per heavy atom. The number of hydrogen-bond donors (Lipinski definition) is 2. The first-order valence-electron chi connectivity index (χ1n) is 7.61. The monoisotopic (exact) mass is 354 g/mol. The van der Waals surface area contributed by atoms with E-state index in [1.807, 2.05) is 4.90 Å². The summed E-state index contributed by atoms with van der Waals surface area (Å²) in [4.78, 5) is 27.8. The third kappa shape index (κ3) is 7.13. The average molecular weight is 355 g/mol. The molecular weight excluding hydrogens is 327 g/mol. The van der Waals surface area contributed by atoms with Crippen molar-refractivity contribution >= 4 is 36.6 Å². The van der Waals surface area contributed by atoms with Crippen LogP contribution in [-0.2, 0) is 9.59 Å². The number of rotatable bonds is 5. The molecule has 2 rings (SSSR count). The molecule has 2 amide bonds. The van der Waals surface area contributed by atoms with Crippen LogP contribution in [0, 0.1) is 0 Å². The number of carbonyl (C=O) groups excluding carboxylic acids is 2. The van der Waals surface area contributed by atoms with Gasteiger partial charge in [-0.3, -0.25) is 9.59 Å². The lowest BCUT2D eigenvalue weighted by atomic mass is 10.1. The van der Waals surface area contributed by atoms with Crippen LogP contribution in [0.4, 0.5) is 0 Å². The average Bonchev–Trinajstić information content (AvgIpc) is 2.92. The van der Waals surface area contributed by atoms with Crippen LogP contribution >= 0.6 is 24.8 Å². The molecule has 2 fully saturated rings. The molecule has 0 spiro atoms. The van der Waals surface area contributed by atoms with Gasteiger partial charge in [0.1, 0.15) is 0 Å². The van der Waals surface area contributed by atoms with Crippen LogP contribution in [0.3, 0.4) is 0 Å². The number of amides is 2. The zero-order chi connectivity index (χ0) is 14.4. The highest BCUT2D eigenvalue weighted by atomic mass is 35.5. The van der Waals surface area contributed by atoms with Crippen molar-refractivity contribution < 1.29 is 9.59 Å². The molecule has 0 aromatic carbocycles. The Hall–Kier alpha value is -0.560. The van der Waals surface area contributed by atoms with Crippen LogP contribution in [0.25, 0.3) is 0 Å². The molecular formula is C14H28Cl2N4O2. The van der Waals surface area contributed by atoms with Crippen molar-refractivity contribution in [2.24, 2.45) is 0 Å². The fourth-order valence-electron chi connectivity index (χ4n) is 2.75. The lowest BCUT2D eigenvalue weighted by Gasteiger charge is -2.32. The normalized spacial score (nSPS) is 21.7. The van der Waals surface area contributed by atoms with Crippen molar-refractivity contribution in [3.05, 3.63) is 0 Å². The lowest BCUT2D eigenvalue weighted by Crippen LogP contribution is -2.47. The highest BCUT2D eigenvalue weighted by Gasteiger charge is 2.20. The van der Waals surface area contributed by atoms with Crippen LogP contribution in [0.5, 0.6) is 0 Å². The molecule has 22 heavy (non-hydrogen) atoms. The number of halogens is 2. The smallest absolute Gasteiger partial charge is 0.224 e. The molecule has 0 aliphatic carbocycles. The summed E-state index contributed by atoms with van der Waals surface area (Å²) >= 11 is 0. The molecule has 1 unspecified atom stereocenters. The Kier molecular flexibility index (Phi) is 10.8.